The summed E-state index contributed by atoms with van der Waals surface area (Å²) in [6, 6.07) is 15.5. The lowest BCUT2D eigenvalue weighted by Gasteiger charge is -2.15. The first-order valence-corrected chi connectivity index (χ1v) is 7.58. The van der Waals surface area contributed by atoms with Crippen LogP contribution in [0.4, 0.5) is 0 Å². The molecule has 0 saturated heterocycles. The molecule has 2 aromatic rings. The molecule has 0 radical (unpaired) electrons. The van der Waals surface area contributed by atoms with Crippen molar-refractivity contribution in [1.29, 1.82) is 0 Å². The number of halogens is 1. The lowest BCUT2D eigenvalue weighted by atomic mass is 10.1. The molecule has 1 atom stereocenters. The Kier molecular flexibility index (Phi) is 5.39. The Hall–Kier alpha value is -1.81. The molecule has 0 aliphatic rings. The molecule has 0 spiro atoms. The predicted octanol–water partition coefficient (Wildman–Crippen LogP) is 4.01. The number of ether oxygens (including phenoxy) is 1. The number of amides is 1. The summed E-state index contributed by atoms with van der Waals surface area (Å²) in [5.41, 5.74) is 2.22. The number of carbonyl (C=O) groups excluding carboxylic acids is 1. The molecule has 0 aliphatic carbocycles. The van der Waals surface area contributed by atoms with Crippen LogP contribution in [0.2, 0.25) is 0 Å². The summed E-state index contributed by atoms with van der Waals surface area (Å²) in [4.78, 5) is 11.9. The van der Waals surface area contributed by atoms with Crippen LogP contribution in [0, 0.1) is 6.92 Å². The zero-order valence-corrected chi connectivity index (χ0v) is 13.7. The van der Waals surface area contributed by atoms with E-state index >= 15 is 0 Å². The zero-order chi connectivity index (χ0) is 15.2. The van der Waals surface area contributed by atoms with Gasteiger partial charge in [0, 0.05) is 4.47 Å². The van der Waals surface area contributed by atoms with Crippen molar-refractivity contribution in [2.75, 3.05) is 6.61 Å². The molecule has 0 aromatic heterocycles. The molecule has 21 heavy (non-hydrogen) atoms. The minimum atomic E-state index is -0.133. The van der Waals surface area contributed by atoms with Crippen LogP contribution in [-0.4, -0.2) is 12.5 Å². The van der Waals surface area contributed by atoms with E-state index in [0.29, 0.717) is 5.75 Å². The Bertz CT molecular complexity index is 593. The molecule has 1 N–H and O–H groups in total. The van der Waals surface area contributed by atoms with Crippen LogP contribution in [0.15, 0.2) is 53.0 Å². The van der Waals surface area contributed by atoms with Crippen molar-refractivity contribution in [3.63, 3.8) is 0 Å². The van der Waals surface area contributed by atoms with Crippen molar-refractivity contribution < 1.29 is 9.53 Å². The van der Waals surface area contributed by atoms with E-state index in [1.807, 2.05) is 62.4 Å². The number of nitrogens with one attached hydrogen (secondary N) is 1. The van der Waals surface area contributed by atoms with Crippen molar-refractivity contribution in [3.8, 4) is 5.75 Å². The summed E-state index contributed by atoms with van der Waals surface area (Å²) in [6.07, 6.45) is 0. The Labute approximate surface area is 133 Å². The van der Waals surface area contributed by atoms with Gasteiger partial charge < -0.3 is 10.1 Å². The van der Waals surface area contributed by atoms with E-state index in [1.165, 1.54) is 0 Å². The predicted molar refractivity (Wildman–Crippen MR) is 87.4 cm³/mol. The summed E-state index contributed by atoms with van der Waals surface area (Å²) in [6.45, 7) is 3.98. The van der Waals surface area contributed by atoms with Gasteiger partial charge in [-0.3, -0.25) is 4.79 Å². The minimum absolute atomic E-state index is 0.0178. The van der Waals surface area contributed by atoms with Crippen molar-refractivity contribution in [2.45, 2.75) is 19.9 Å². The first-order valence-electron chi connectivity index (χ1n) is 6.79. The molecule has 1 unspecified atom stereocenters. The van der Waals surface area contributed by atoms with Crippen LogP contribution in [0.1, 0.15) is 24.1 Å². The van der Waals surface area contributed by atoms with E-state index in [0.717, 1.165) is 15.6 Å². The van der Waals surface area contributed by atoms with Crippen LogP contribution in [0.25, 0.3) is 0 Å². The summed E-state index contributed by atoms with van der Waals surface area (Å²) < 4.78 is 6.48. The number of hydrogen-bond acceptors (Lipinski definition) is 2. The van der Waals surface area contributed by atoms with E-state index in [9.17, 15) is 4.79 Å². The van der Waals surface area contributed by atoms with Gasteiger partial charge in [0.2, 0.25) is 0 Å². The van der Waals surface area contributed by atoms with Gasteiger partial charge in [0.1, 0.15) is 5.75 Å². The average Bonchev–Trinajstić information content (AvgIpc) is 2.47. The maximum absolute atomic E-state index is 11.9. The van der Waals surface area contributed by atoms with Crippen molar-refractivity contribution in [3.05, 3.63) is 64.1 Å². The summed E-state index contributed by atoms with van der Waals surface area (Å²) in [5.74, 6) is 0.568. The fourth-order valence-corrected chi connectivity index (χ4v) is 2.17. The van der Waals surface area contributed by atoms with Gasteiger partial charge in [-0.15, -0.1) is 0 Å². The van der Waals surface area contributed by atoms with Crippen molar-refractivity contribution in [2.24, 2.45) is 0 Å². The van der Waals surface area contributed by atoms with Gasteiger partial charge in [0.15, 0.2) is 6.61 Å². The number of hydrogen-bond donors (Lipinski definition) is 1. The van der Waals surface area contributed by atoms with Crippen LogP contribution < -0.4 is 10.1 Å². The lowest BCUT2D eigenvalue weighted by molar-refractivity contribution is -0.123. The monoisotopic (exact) mass is 347 g/mol. The Morgan fingerprint density at radius 1 is 1.14 bits per heavy atom. The highest BCUT2D eigenvalue weighted by atomic mass is 79.9. The molecule has 4 heteroatoms. The zero-order valence-electron chi connectivity index (χ0n) is 12.1. The van der Waals surface area contributed by atoms with Gasteiger partial charge in [-0.2, -0.15) is 0 Å². The first kappa shape index (κ1) is 15.6. The smallest absolute Gasteiger partial charge is 0.258 e. The standard InChI is InChI=1S/C17H18BrNO2/c1-12-3-9-16(10-4-12)21-11-17(20)19-13(2)14-5-7-15(18)8-6-14/h3-10,13H,11H2,1-2H3,(H,19,20). The van der Waals surface area contributed by atoms with E-state index < -0.39 is 0 Å². The maximum atomic E-state index is 11.9. The van der Waals surface area contributed by atoms with Gasteiger partial charge in [0.05, 0.1) is 6.04 Å². The van der Waals surface area contributed by atoms with Gasteiger partial charge in [-0.25, -0.2) is 0 Å². The third-order valence-corrected chi connectivity index (χ3v) is 3.67. The largest absolute Gasteiger partial charge is 0.484 e. The Morgan fingerprint density at radius 3 is 2.38 bits per heavy atom. The average molecular weight is 348 g/mol. The van der Waals surface area contributed by atoms with E-state index in [2.05, 4.69) is 21.2 Å². The van der Waals surface area contributed by atoms with Crippen LogP contribution >= 0.6 is 15.9 Å². The molecular weight excluding hydrogens is 330 g/mol. The highest BCUT2D eigenvalue weighted by Gasteiger charge is 2.10. The van der Waals surface area contributed by atoms with Gasteiger partial charge in [0.25, 0.3) is 5.91 Å². The highest BCUT2D eigenvalue weighted by Crippen LogP contribution is 2.16. The molecular formula is C17H18BrNO2. The number of aryl methyl sites for hydroxylation is 1. The third-order valence-electron chi connectivity index (χ3n) is 3.14. The molecule has 0 aliphatic heterocycles. The topological polar surface area (TPSA) is 38.3 Å². The molecule has 0 heterocycles. The summed E-state index contributed by atoms with van der Waals surface area (Å²) >= 11 is 3.39. The van der Waals surface area contributed by atoms with E-state index in [1.54, 1.807) is 0 Å². The Morgan fingerprint density at radius 2 is 1.76 bits per heavy atom. The normalized spacial score (nSPS) is 11.8. The molecule has 0 bridgehead atoms. The molecule has 1 amide bonds. The third kappa shape index (κ3) is 4.90. The Balaban J connectivity index is 1.83. The molecule has 2 aromatic carbocycles. The highest BCUT2D eigenvalue weighted by molar-refractivity contribution is 9.10. The number of benzene rings is 2. The van der Waals surface area contributed by atoms with E-state index in [4.69, 9.17) is 4.74 Å². The van der Waals surface area contributed by atoms with Crippen LogP contribution in [-0.2, 0) is 4.79 Å². The van der Waals surface area contributed by atoms with Gasteiger partial charge >= 0.3 is 0 Å². The second-order valence-corrected chi connectivity index (χ2v) is 5.86. The second-order valence-electron chi connectivity index (χ2n) is 4.94. The van der Waals surface area contributed by atoms with Gasteiger partial charge in [-0.05, 0) is 43.7 Å². The van der Waals surface area contributed by atoms with Crippen LogP contribution in [0.3, 0.4) is 0 Å². The number of carbonyl (C=O) groups is 1. The lowest BCUT2D eigenvalue weighted by Crippen LogP contribution is -2.31. The first-order chi connectivity index (χ1) is 10.0. The quantitative estimate of drug-likeness (QED) is 0.887. The number of rotatable bonds is 5. The summed E-state index contributed by atoms with van der Waals surface area (Å²) in [7, 11) is 0. The summed E-state index contributed by atoms with van der Waals surface area (Å²) in [5, 5.41) is 2.92. The maximum Gasteiger partial charge on any atom is 0.258 e. The SMILES string of the molecule is Cc1ccc(OCC(=O)NC(C)c2ccc(Br)cc2)cc1. The fraction of sp³-hybridized carbons (Fsp3) is 0.235. The van der Waals surface area contributed by atoms with Crippen molar-refractivity contribution >= 4 is 21.8 Å². The molecule has 0 fully saturated rings. The fourth-order valence-electron chi connectivity index (χ4n) is 1.90. The van der Waals surface area contributed by atoms with Crippen LogP contribution in [0.5, 0.6) is 5.75 Å². The molecule has 0 saturated carbocycles. The molecule has 110 valence electrons. The van der Waals surface area contributed by atoms with E-state index in [-0.39, 0.29) is 18.6 Å². The minimum Gasteiger partial charge on any atom is -0.484 e. The second kappa shape index (κ2) is 7.27. The molecule has 2 rings (SSSR count). The molecule has 3 nitrogen and oxygen atoms in total. The van der Waals surface area contributed by atoms with Crippen molar-refractivity contribution in [1.82, 2.24) is 5.32 Å². The van der Waals surface area contributed by atoms with Gasteiger partial charge in [-0.1, -0.05) is 45.8 Å².